The Labute approximate surface area is 172 Å². The van der Waals surface area contributed by atoms with Crippen LogP contribution in [0, 0.1) is 5.92 Å². The first-order valence-corrected chi connectivity index (χ1v) is 23.9. The van der Waals surface area contributed by atoms with Gasteiger partial charge in [0.2, 0.25) is 0 Å². The molecule has 0 saturated carbocycles. The molecule has 1 heterocycles. The average molecular weight is 513 g/mol. The van der Waals surface area contributed by atoms with Crippen molar-refractivity contribution in [2.45, 2.75) is 57.7 Å². The Hall–Kier alpha value is -0.264. The second kappa shape index (κ2) is 7.87. The normalized spacial score (nSPS) is 34.1. The molecule has 0 aromatic rings. The van der Waals surface area contributed by atoms with E-state index in [4.69, 9.17) is 4.74 Å². The third-order valence-corrected chi connectivity index (χ3v) is 37.9. The van der Waals surface area contributed by atoms with Crippen LogP contribution in [0.15, 0.2) is 41.0 Å². The molecule has 147 valence electrons. The van der Waals surface area contributed by atoms with Crippen LogP contribution < -0.4 is 0 Å². The van der Waals surface area contributed by atoms with Gasteiger partial charge in [-0.2, -0.15) is 0 Å². The Morgan fingerprint density at radius 3 is 2.41 bits per heavy atom. The van der Waals surface area contributed by atoms with Crippen molar-refractivity contribution < 1.29 is 44.1 Å². The van der Waals surface area contributed by atoms with Gasteiger partial charge in [-0.15, -0.1) is 0 Å². The molecule has 0 radical (unpaired) electrons. The SMILES string of the molecule is CC1=CC[C]([Zr]([GeH2][C@@]2(O)C(=O)O[C@H](CO)[C@@H]2O)[C]2=C(C)C(C)=C(C)C2C)=C1. The van der Waals surface area contributed by atoms with Crippen LogP contribution in [0.1, 0.15) is 41.0 Å². The van der Waals surface area contributed by atoms with Gasteiger partial charge in [0.15, 0.2) is 0 Å². The van der Waals surface area contributed by atoms with Gasteiger partial charge in [-0.1, -0.05) is 0 Å². The van der Waals surface area contributed by atoms with E-state index < -0.39 is 60.1 Å². The Kier molecular flexibility index (Phi) is 6.25. The Morgan fingerprint density at radius 1 is 1.30 bits per heavy atom. The van der Waals surface area contributed by atoms with Crippen molar-refractivity contribution >= 4 is 17.6 Å². The van der Waals surface area contributed by atoms with Crippen LogP contribution in [-0.4, -0.2) is 56.2 Å². The summed E-state index contributed by atoms with van der Waals surface area (Å²) < 4.78 is 6.26. The number of aliphatic hydroxyl groups is 3. The topological polar surface area (TPSA) is 87.0 Å². The zero-order valence-electron chi connectivity index (χ0n) is 16.7. The number of allylic oxidation sites excluding steroid dienone is 8. The number of cyclic esters (lactones) is 1. The molecule has 1 aliphatic heterocycles. The first-order chi connectivity index (χ1) is 12.6. The number of hydrogen-bond acceptors (Lipinski definition) is 5. The summed E-state index contributed by atoms with van der Waals surface area (Å²) in [5.41, 5.74) is 5.27. The van der Waals surface area contributed by atoms with Crippen molar-refractivity contribution in [1.82, 2.24) is 0 Å². The quantitative estimate of drug-likeness (QED) is 0.380. The van der Waals surface area contributed by atoms with Crippen molar-refractivity contribution in [1.29, 1.82) is 0 Å². The first-order valence-electron chi connectivity index (χ1n) is 9.46. The van der Waals surface area contributed by atoms with E-state index in [0.29, 0.717) is 5.92 Å². The van der Waals surface area contributed by atoms with Crippen molar-refractivity contribution in [2.75, 3.05) is 6.61 Å². The van der Waals surface area contributed by atoms with E-state index in [1.165, 1.54) is 28.9 Å². The summed E-state index contributed by atoms with van der Waals surface area (Å²) in [6.07, 6.45) is 3.04. The monoisotopic (exact) mass is 513 g/mol. The second-order valence-corrected chi connectivity index (χ2v) is 29.6. The third kappa shape index (κ3) is 3.57. The molecule has 3 rings (SSSR count). The predicted molar refractivity (Wildman–Crippen MR) is 103 cm³/mol. The Morgan fingerprint density at radius 2 is 1.96 bits per heavy atom. The Balaban J connectivity index is 2.01. The summed E-state index contributed by atoms with van der Waals surface area (Å²) in [6, 6.07) is 0. The number of rotatable bonds is 5. The summed E-state index contributed by atoms with van der Waals surface area (Å²) in [5.74, 6) is -0.376. The molecule has 4 atom stereocenters. The second-order valence-electron chi connectivity index (χ2n) is 8.04. The molecule has 0 aromatic heterocycles. The molecule has 2 aliphatic carbocycles. The van der Waals surface area contributed by atoms with Crippen LogP contribution in [0.5, 0.6) is 0 Å². The van der Waals surface area contributed by atoms with E-state index in [2.05, 4.69) is 46.8 Å². The molecule has 7 heteroatoms. The molecule has 1 unspecified atom stereocenters. The fourth-order valence-corrected chi connectivity index (χ4v) is 40.9. The summed E-state index contributed by atoms with van der Waals surface area (Å²) in [7, 11) is 0. The van der Waals surface area contributed by atoms with E-state index >= 15 is 0 Å². The fourth-order valence-electron chi connectivity index (χ4n) is 4.42. The molecule has 3 aliphatic rings. The van der Waals surface area contributed by atoms with Crippen molar-refractivity contribution in [3.63, 3.8) is 0 Å². The average Bonchev–Trinajstić information content (AvgIpc) is 3.21. The maximum absolute atomic E-state index is 12.5. The van der Waals surface area contributed by atoms with Gasteiger partial charge in [-0.3, -0.25) is 0 Å². The van der Waals surface area contributed by atoms with Crippen LogP contribution in [0.4, 0.5) is 0 Å². The van der Waals surface area contributed by atoms with E-state index in [1.807, 2.05) is 0 Å². The molecule has 0 amide bonds. The standard InChI is InChI=1S/C9H13.C6H7.C5H9GeO5.Zr/c1-6-5-7(2)9(4)8(6)3;1-6-4-2-3-5-6;6-5(10)3(8)2(1-7)11-4(5)9;/h6H,1-4H3;4-5H,2H2,1H3;2-3,7-8,10H,1,6H2;/t;;2-,3+,5+;/m..1./s1. The molecule has 1 fully saturated rings. The molecule has 0 spiro atoms. The summed E-state index contributed by atoms with van der Waals surface area (Å²) in [4.78, 5) is 12.5. The zero-order valence-corrected chi connectivity index (χ0v) is 22.1. The van der Waals surface area contributed by atoms with Gasteiger partial charge in [-0.05, 0) is 0 Å². The molecule has 5 nitrogen and oxygen atoms in total. The van der Waals surface area contributed by atoms with Gasteiger partial charge < -0.3 is 0 Å². The summed E-state index contributed by atoms with van der Waals surface area (Å²) >= 11 is -4.47. The molecule has 0 bridgehead atoms. The van der Waals surface area contributed by atoms with Crippen molar-refractivity contribution in [3.8, 4) is 0 Å². The van der Waals surface area contributed by atoms with Crippen molar-refractivity contribution in [2.24, 2.45) is 5.92 Å². The fraction of sp³-hybridized carbons (Fsp3) is 0.550. The molecule has 0 aromatic carbocycles. The first kappa shape index (κ1) is 21.4. The van der Waals surface area contributed by atoms with Gasteiger partial charge in [0.1, 0.15) is 0 Å². The zero-order chi connectivity index (χ0) is 20.1. The molecule has 1 saturated heterocycles. The number of carbonyl (C=O) groups is 1. The third-order valence-electron chi connectivity index (χ3n) is 6.48. The van der Waals surface area contributed by atoms with Gasteiger partial charge in [-0.25, -0.2) is 0 Å². The van der Waals surface area contributed by atoms with Crippen LogP contribution in [0.25, 0.3) is 0 Å². The number of carbonyl (C=O) groups excluding carboxylic acids is 1. The van der Waals surface area contributed by atoms with Gasteiger partial charge in [0.25, 0.3) is 0 Å². The van der Waals surface area contributed by atoms with Crippen LogP contribution in [0.3, 0.4) is 0 Å². The van der Waals surface area contributed by atoms with Gasteiger partial charge in [0.05, 0.1) is 0 Å². The molecular formula is C20H29GeO5Zr. The predicted octanol–water partition coefficient (Wildman–Crippen LogP) is 1.15. The van der Waals surface area contributed by atoms with Crippen LogP contribution in [0.2, 0.25) is 0 Å². The molecule has 3 N–H and O–H groups in total. The number of esters is 1. The van der Waals surface area contributed by atoms with Crippen LogP contribution in [-0.2, 0) is 28.8 Å². The minimum absolute atomic E-state index is 0.346. The summed E-state index contributed by atoms with van der Waals surface area (Å²) in [5, 5.41) is 31.2. The number of ether oxygens (including phenoxy) is 1. The Bertz CT molecular complexity index is 796. The van der Waals surface area contributed by atoms with Gasteiger partial charge in [0, 0.05) is 0 Å². The maximum atomic E-state index is 12.5. The molecule has 27 heavy (non-hydrogen) atoms. The summed E-state index contributed by atoms with van der Waals surface area (Å²) in [6.45, 7) is 10.4. The molecular weight excluding hydrogens is 484 g/mol. The number of hydrogen-bond donors (Lipinski definition) is 3. The van der Waals surface area contributed by atoms with Gasteiger partial charge >= 0.3 is 173 Å². The number of aliphatic hydroxyl groups excluding tert-OH is 2. The minimum atomic E-state index is -2.50. The van der Waals surface area contributed by atoms with E-state index in [0.717, 1.165) is 6.42 Å². The van der Waals surface area contributed by atoms with Crippen molar-refractivity contribution in [3.05, 3.63) is 41.0 Å². The van der Waals surface area contributed by atoms with Crippen LogP contribution >= 0.6 is 0 Å². The van der Waals surface area contributed by atoms with E-state index in [1.54, 1.807) is 0 Å². The van der Waals surface area contributed by atoms with E-state index in [9.17, 15) is 20.1 Å². The van der Waals surface area contributed by atoms with E-state index in [-0.39, 0.29) is 0 Å².